The molecule has 3 nitrogen and oxygen atoms in total. The lowest BCUT2D eigenvalue weighted by molar-refractivity contribution is 0.738. The summed E-state index contributed by atoms with van der Waals surface area (Å²) in [4.78, 5) is 3.84. The summed E-state index contributed by atoms with van der Waals surface area (Å²) in [6.45, 7) is 0.479. The minimum absolute atomic E-state index is 0.0108. The van der Waals surface area contributed by atoms with Crippen molar-refractivity contribution < 1.29 is 0 Å². The first kappa shape index (κ1) is 6.58. The van der Waals surface area contributed by atoms with Gasteiger partial charge in [0.05, 0.1) is 6.04 Å². The van der Waals surface area contributed by atoms with Gasteiger partial charge in [0, 0.05) is 18.9 Å². The smallest absolute Gasteiger partial charge is 0.129 e. The minimum atomic E-state index is 0.0108. The van der Waals surface area contributed by atoms with Crippen molar-refractivity contribution in [1.29, 1.82) is 0 Å². The van der Waals surface area contributed by atoms with Crippen LogP contribution in [-0.4, -0.2) is 17.8 Å². The van der Waals surface area contributed by atoms with E-state index in [0.29, 0.717) is 11.7 Å². The Kier molecular flexibility index (Phi) is 2.08. The number of hydrogen-bond donors (Lipinski definition) is 2. The molecule has 1 unspecified atom stereocenters. The van der Waals surface area contributed by atoms with E-state index in [1.54, 1.807) is 12.4 Å². The molecule has 0 amide bonds. The maximum absolute atomic E-state index is 5.64. The molecule has 3 N–H and O–H groups in total. The van der Waals surface area contributed by atoms with Crippen LogP contribution in [0.2, 0.25) is 0 Å². The Morgan fingerprint density at radius 2 is 2.67 bits per heavy atom. The quantitative estimate of drug-likeness (QED) is 0.547. The Hall–Kier alpha value is -0.540. The van der Waals surface area contributed by atoms with Gasteiger partial charge in [-0.25, -0.2) is 4.99 Å². The zero-order valence-corrected chi connectivity index (χ0v) is 5.60. The highest BCUT2D eigenvalue weighted by Gasteiger charge is 2.10. The Morgan fingerprint density at radius 3 is 3.11 bits per heavy atom. The van der Waals surface area contributed by atoms with E-state index < -0.39 is 0 Å². The highest BCUT2D eigenvalue weighted by Crippen LogP contribution is 1.98. The van der Waals surface area contributed by atoms with E-state index >= 15 is 0 Å². The molecule has 9 heavy (non-hydrogen) atoms. The van der Waals surface area contributed by atoms with Crippen LogP contribution in [0.15, 0.2) is 17.4 Å². The van der Waals surface area contributed by atoms with Crippen molar-refractivity contribution in [2.45, 2.75) is 6.04 Å². The van der Waals surface area contributed by atoms with E-state index in [1.807, 2.05) is 0 Å². The molecule has 0 bridgehead atoms. The Labute approximate surface area is 58.6 Å². The topological polar surface area (TPSA) is 50.4 Å². The van der Waals surface area contributed by atoms with Crippen molar-refractivity contribution >= 4 is 16.8 Å². The van der Waals surface area contributed by atoms with E-state index in [2.05, 4.69) is 10.3 Å². The summed E-state index contributed by atoms with van der Waals surface area (Å²) in [6, 6.07) is 0.0108. The third-order valence-corrected chi connectivity index (χ3v) is 1.45. The van der Waals surface area contributed by atoms with Crippen molar-refractivity contribution in [1.82, 2.24) is 5.32 Å². The van der Waals surface area contributed by atoms with Crippen molar-refractivity contribution in [2.24, 2.45) is 10.7 Å². The fourth-order valence-electron chi connectivity index (χ4n) is 0.592. The van der Waals surface area contributed by atoms with Crippen LogP contribution in [0.5, 0.6) is 0 Å². The third kappa shape index (κ3) is 1.43. The fraction of sp³-hybridized carbons (Fsp3) is 0.400. The van der Waals surface area contributed by atoms with E-state index in [1.165, 1.54) is 0 Å². The molecule has 0 spiro atoms. The van der Waals surface area contributed by atoms with Gasteiger partial charge in [-0.05, 0) is 0 Å². The molecule has 0 aromatic rings. The first-order valence-corrected chi connectivity index (χ1v) is 3.06. The molecular formula is C5H8ClN3. The molecule has 1 heterocycles. The lowest BCUT2D eigenvalue weighted by atomic mass is 10.3. The van der Waals surface area contributed by atoms with Gasteiger partial charge in [-0.2, -0.15) is 0 Å². The van der Waals surface area contributed by atoms with Crippen LogP contribution in [0.4, 0.5) is 0 Å². The second-order valence-electron chi connectivity index (χ2n) is 1.72. The van der Waals surface area contributed by atoms with E-state index in [4.69, 9.17) is 17.3 Å². The molecule has 1 aliphatic heterocycles. The number of hydrogen-bond acceptors (Lipinski definition) is 3. The maximum Gasteiger partial charge on any atom is 0.129 e. The molecule has 0 aromatic heterocycles. The molecule has 4 heteroatoms. The maximum atomic E-state index is 5.64. The second-order valence-corrected chi connectivity index (χ2v) is 2.11. The average Bonchev–Trinajstić information content (AvgIpc) is 1.89. The number of nitrogens with one attached hydrogen (secondary N) is 1. The summed E-state index contributed by atoms with van der Waals surface area (Å²) >= 11 is 5.64. The first-order chi connectivity index (χ1) is 4.34. The highest BCUT2D eigenvalue weighted by atomic mass is 35.5. The zero-order chi connectivity index (χ0) is 6.69. The zero-order valence-electron chi connectivity index (χ0n) is 4.84. The van der Waals surface area contributed by atoms with Gasteiger partial charge < -0.3 is 11.1 Å². The molecule has 0 radical (unpaired) electrons. The molecular weight excluding hydrogens is 138 g/mol. The van der Waals surface area contributed by atoms with Gasteiger partial charge in [-0.1, -0.05) is 11.6 Å². The van der Waals surface area contributed by atoms with Gasteiger partial charge in [0.1, 0.15) is 5.17 Å². The molecule has 1 rings (SSSR count). The number of halogens is 1. The second kappa shape index (κ2) is 2.85. The summed E-state index contributed by atoms with van der Waals surface area (Å²) in [5.41, 5.74) is 5.33. The monoisotopic (exact) mass is 145 g/mol. The Balaban J connectivity index is 2.59. The van der Waals surface area contributed by atoms with Gasteiger partial charge >= 0.3 is 0 Å². The molecule has 0 saturated heterocycles. The SMILES string of the molecule is NCC1NC=CN=C1Cl. The Bertz CT molecular complexity index is 152. The summed E-state index contributed by atoms with van der Waals surface area (Å²) < 4.78 is 0. The van der Waals surface area contributed by atoms with Crippen molar-refractivity contribution in [2.75, 3.05) is 6.54 Å². The van der Waals surface area contributed by atoms with Gasteiger partial charge in [0.15, 0.2) is 0 Å². The van der Waals surface area contributed by atoms with Crippen LogP contribution in [0.3, 0.4) is 0 Å². The lowest BCUT2D eigenvalue weighted by Gasteiger charge is -2.14. The van der Waals surface area contributed by atoms with Crippen LogP contribution < -0.4 is 11.1 Å². The van der Waals surface area contributed by atoms with Crippen LogP contribution in [0.1, 0.15) is 0 Å². The number of aliphatic imine (C=N–C) groups is 1. The average molecular weight is 146 g/mol. The Morgan fingerprint density at radius 1 is 1.89 bits per heavy atom. The molecule has 0 saturated carbocycles. The van der Waals surface area contributed by atoms with Crippen molar-refractivity contribution in [3.63, 3.8) is 0 Å². The number of rotatable bonds is 1. The summed E-state index contributed by atoms with van der Waals surface area (Å²) in [5, 5.41) is 3.48. The molecule has 0 aliphatic carbocycles. The molecule has 0 fully saturated rings. The molecule has 1 aliphatic rings. The predicted octanol–water partition coefficient (Wildman–Crippen LogP) is 0.0254. The molecule has 0 aromatic carbocycles. The highest BCUT2D eigenvalue weighted by molar-refractivity contribution is 6.66. The minimum Gasteiger partial charge on any atom is -0.379 e. The fourth-order valence-corrected chi connectivity index (χ4v) is 0.800. The first-order valence-electron chi connectivity index (χ1n) is 2.69. The van der Waals surface area contributed by atoms with Gasteiger partial charge in [-0.15, -0.1) is 0 Å². The standard InChI is InChI=1S/C5H8ClN3/c6-5-4(3-7)8-1-2-9-5/h1-2,4,8H,3,7H2. The summed E-state index contributed by atoms with van der Waals surface area (Å²) in [5.74, 6) is 0. The number of nitrogens with zero attached hydrogens (tertiary/aromatic N) is 1. The van der Waals surface area contributed by atoms with Crippen molar-refractivity contribution in [3.05, 3.63) is 12.4 Å². The van der Waals surface area contributed by atoms with E-state index in [0.717, 1.165) is 0 Å². The van der Waals surface area contributed by atoms with Crippen LogP contribution in [0, 0.1) is 0 Å². The van der Waals surface area contributed by atoms with Gasteiger partial charge in [0.2, 0.25) is 0 Å². The molecule has 50 valence electrons. The lowest BCUT2D eigenvalue weighted by Crippen LogP contribution is -2.38. The normalized spacial score (nSPS) is 25.1. The largest absolute Gasteiger partial charge is 0.379 e. The summed E-state index contributed by atoms with van der Waals surface area (Å²) in [7, 11) is 0. The van der Waals surface area contributed by atoms with Crippen LogP contribution in [-0.2, 0) is 0 Å². The van der Waals surface area contributed by atoms with Crippen molar-refractivity contribution in [3.8, 4) is 0 Å². The molecule has 1 atom stereocenters. The van der Waals surface area contributed by atoms with Crippen LogP contribution in [0.25, 0.3) is 0 Å². The summed E-state index contributed by atoms with van der Waals surface area (Å²) in [6.07, 6.45) is 3.33. The van der Waals surface area contributed by atoms with Gasteiger partial charge in [0.25, 0.3) is 0 Å². The van der Waals surface area contributed by atoms with Gasteiger partial charge in [-0.3, -0.25) is 0 Å². The third-order valence-electron chi connectivity index (χ3n) is 1.09. The van der Waals surface area contributed by atoms with E-state index in [9.17, 15) is 0 Å². The predicted molar refractivity (Wildman–Crippen MR) is 38.4 cm³/mol. The number of nitrogens with two attached hydrogens (primary N) is 1. The van der Waals surface area contributed by atoms with Crippen LogP contribution >= 0.6 is 11.6 Å². The van der Waals surface area contributed by atoms with E-state index in [-0.39, 0.29) is 6.04 Å².